The Morgan fingerprint density at radius 2 is 0.450 bits per heavy atom. The first-order valence-electron chi connectivity index (χ1n) is 7.40. The molecule has 0 atom stereocenters. The number of rotatable bonds is 0. The molecule has 4 radical (unpaired) electrons. The van der Waals surface area contributed by atoms with Crippen molar-refractivity contribution in [2.24, 2.45) is 0 Å². The Balaban J connectivity index is -0.00000000950. The molecule has 0 saturated carbocycles. The molecule has 0 unspecified atom stereocenters. The third-order valence-electron chi connectivity index (χ3n) is 0. The van der Waals surface area contributed by atoms with Crippen LogP contribution in [0.2, 0.25) is 0 Å². The Morgan fingerprint density at radius 3 is 0.450 bits per heavy atom. The number of nitrogens with zero attached hydrogens (tertiary/aromatic N) is 11. The van der Waals surface area contributed by atoms with E-state index in [0.29, 0.717) is 0 Å². The Hall–Kier alpha value is -2.90. The molecule has 0 aliphatic rings. The van der Waals surface area contributed by atoms with E-state index in [9.17, 15) is 0 Å². The minimum absolute atomic E-state index is 0. The molecule has 0 amide bonds. The maximum absolute atomic E-state index is 6.47. The van der Waals surface area contributed by atoms with Crippen LogP contribution in [0.4, 0.5) is 0 Å². The van der Waals surface area contributed by atoms with E-state index >= 15 is 0 Å². The summed E-state index contributed by atoms with van der Waals surface area (Å²) in [4.78, 5) is 24.8. The van der Waals surface area contributed by atoms with Gasteiger partial charge in [0.15, 0.2) is 0 Å². The van der Waals surface area contributed by atoms with Gasteiger partial charge in [0.1, 0.15) is 0 Å². The molecule has 0 spiro atoms. The zero-order valence-corrected chi connectivity index (χ0v) is 32.3. The molecule has 0 aromatic carbocycles. The van der Waals surface area contributed by atoms with Crippen molar-refractivity contribution in [2.45, 2.75) is 6.92 Å². The van der Waals surface area contributed by atoms with Gasteiger partial charge in [0.2, 0.25) is 63.4 Å². The predicted molar refractivity (Wildman–Crippen MR) is 149 cm³/mol. The van der Waals surface area contributed by atoms with Crippen molar-refractivity contribution in [2.75, 3.05) is 63.4 Å². The number of hydrogen-bond acceptors (Lipinski definition) is 3. The molecule has 0 aliphatic heterocycles. The minimum Gasteiger partial charge on any atom is -0.694 e. The third kappa shape index (κ3) is 4840. The zero-order valence-electron chi connectivity index (χ0n) is 24.3. The maximum Gasteiger partial charge on any atom is 0.205 e. The van der Waals surface area contributed by atoms with Crippen LogP contribution < -0.4 is 0 Å². The second-order valence-corrected chi connectivity index (χ2v) is 2.26. The Morgan fingerprint density at radius 1 is 0.450 bits per heavy atom. The van der Waals surface area contributed by atoms with Gasteiger partial charge in [-0.25, -0.2) is 59.1 Å². The molecule has 0 aromatic heterocycles. The van der Waals surface area contributed by atoms with E-state index in [-0.39, 0.29) is 90.8 Å². The molecular formula is C23H31CaClCo2N11OZn-3. The second kappa shape index (κ2) is 883. The third-order valence-corrected chi connectivity index (χ3v) is 0. The van der Waals surface area contributed by atoms with E-state index in [1.165, 1.54) is 63.4 Å². The van der Waals surface area contributed by atoms with Crippen LogP contribution >= 0.6 is 11.9 Å². The first-order valence-corrected chi connectivity index (χ1v) is 7.74. The molecule has 0 bridgehead atoms. The van der Waals surface area contributed by atoms with E-state index in [1.807, 2.05) is 5.92 Å². The van der Waals surface area contributed by atoms with Crippen molar-refractivity contribution < 1.29 is 57.7 Å². The first kappa shape index (κ1) is 120. The summed E-state index contributed by atoms with van der Waals surface area (Å²) >= 11 is 3.64. The zero-order chi connectivity index (χ0) is 33.1. The average molecular weight is 736 g/mol. The Bertz CT molecular complexity index is 557. The molecule has 0 saturated heterocycles. The molecule has 0 rings (SSSR count). The minimum atomic E-state index is 0. The molecule has 216 valence electrons. The van der Waals surface area contributed by atoms with Gasteiger partial charge in [-0.3, -0.25) is 4.66 Å². The monoisotopic (exact) mass is 734 g/mol. The topological polar surface area (TPSA) is 107 Å². The van der Waals surface area contributed by atoms with Gasteiger partial charge in [-0.05, 0) is 6.92 Å². The molecule has 0 heterocycles. The van der Waals surface area contributed by atoms with Crippen LogP contribution in [-0.4, -0.2) is 106 Å². The molecular weight excluding hydrogens is 705 g/mol. The molecule has 0 aliphatic carbocycles. The van der Waals surface area contributed by atoms with Crippen molar-refractivity contribution in [1.29, 1.82) is 10.5 Å². The van der Waals surface area contributed by atoms with Gasteiger partial charge in [0, 0.05) is 90.8 Å². The molecule has 17 heteroatoms. The molecule has 0 aromatic rings. The fourth-order valence-corrected chi connectivity index (χ4v) is 0. The van der Waals surface area contributed by atoms with Crippen LogP contribution in [0.1, 0.15) is 6.92 Å². The SMILES string of the molecule is OCl.[C-]#CC.[C-]#N.[C-]#N.[C-]#[N+]C.[C-]#[N+]C.[C-]#[N+]C.[C-]#[N+]C.[C-]#[N+]C.[C-]#[N+]C.[C-]#[N+]C.[C-]#[N+]C.[C-]#[N+]C.[Ca].[Co].[Co].[Zn]. The molecule has 40 heavy (non-hydrogen) atoms. The van der Waals surface area contributed by atoms with Gasteiger partial charge in [0.05, 0.1) is 11.9 Å². The molecule has 0 fully saturated rings. The summed E-state index contributed by atoms with van der Waals surface area (Å²) in [5, 5.41) is 12.5. The summed E-state index contributed by atoms with van der Waals surface area (Å²) in [6.45, 7) is 63.5. The number of hydrogen-bond donors (Lipinski definition) is 1. The van der Waals surface area contributed by atoms with Crippen molar-refractivity contribution in [3.63, 3.8) is 0 Å². The van der Waals surface area contributed by atoms with Crippen molar-refractivity contribution >= 4 is 49.6 Å². The Kier molecular flexibility index (Phi) is 2640. The van der Waals surface area contributed by atoms with E-state index in [2.05, 4.69) is 55.5 Å². The van der Waals surface area contributed by atoms with Crippen LogP contribution in [0, 0.1) is 95.2 Å². The van der Waals surface area contributed by atoms with Gasteiger partial charge < -0.3 is 79.6 Å². The van der Waals surface area contributed by atoms with Crippen LogP contribution in [-0.2, 0) is 53.0 Å². The normalized spacial score (nSPS) is 2.25. The van der Waals surface area contributed by atoms with Gasteiger partial charge in [-0.15, -0.1) is 0 Å². The fourth-order valence-electron chi connectivity index (χ4n) is 0. The van der Waals surface area contributed by atoms with Crippen LogP contribution in [0.15, 0.2) is 0 Å². The smallest absolute Gasteiger partial charge is 0.205 e. The summed E-state index contributed by atoms with van der Waals surface area (Å²) in [5.74, 6) is 2.00. The van der Waals surface area contributed by atoms with Crippen molar-refractivity contribution in [1.82, 2.24) is 0 Å². The largest absolute Gasteiger partial charge is 0.694 e. The standard InChI is InChI=1S/C3H3.9C2H3N.2CN.Ca.ClHO.2Co.Zn/c10*1-3-2;2*1-2;;1-2;;;/h10*1H3;;;;2H;;;/q-1;;;;;;;;;;2*-1;;;;;. The van der Waals surface area contributed by atoms with Crippen molar-refractivity contribution in [3.05, 3.63) is 122 Å². The van der Waals surface area contributed by atoms with Crippen LogP contribution in [0.5, 0.6) is 0 Å². The predicted octanol–water partition coefficient (Wildman–Crippen LogP) is 5.35. The second-order valence-electron chi connectivity index (χ2n) is 2.26. The van der Waals surface area contributed by atoms with E-state index in [1.54, 1.807) is 6.92 Å². The van der Waals surface area contributed by atoms with E-state index in [0.717, 1.165) is 0 Å². The quantitative estimate of drug-likeness (QED) is 0.206. The van der Waals surface area contributed by atoms with Gasteiger partial charge in [0.25, 0.3) is 0 Å². The summed E-state index contributed by atoms with van der Waals surface area (Å²) in [7, 11) is 12.7. The summed E-state index contributed by atoms with van der Waals surface area (Å²) in [5.41, 5.74) is 0. The van der Waals surface area contributed by atoms with E-state index in [4.69, 9.17) is 93.9 Å². The fraction of sp³-hybridized carbons (Fsp3) is 0.435. The first-order chi connectivity index (χ1) is 17.1. The van der Waals surface area contributed by atoms with E-state index < -0.39 is 0 Å². The summed E-state index contributed by atoms with van der Waals surface area (Å²) in [6.07, 6.45) is 5.96. The van der Waals surface area contributed by atoms with Gasteiger partial charge in [-0.1, -0.05) is 0 Å². The number of halogens is 1. The van der Waals surface area contributed by atoms with Crippen LogP contribution in [0.3, 0.4) is 0 Å². The maximum atomic E-state index is 6.47. The van der Waals surface area contributed by atoms with Gasteiger partial charge in [-0.2, -0.15) is 0 Å². The summed E-state index contributed by atoms with van der Waals surface area (Å²) in [6, 6.07) is 0. The Labute approximate surface area is 313 Å². The summed E-state index contributed by atoms with van der Waals surface area (Å²) < 4.78 is 6.47. The van der Waals surface area contributed by atoms with Crippen molar-refractivity contribution in [3.8, 4) is 5.92 Å². The van der Waals surface area contributed by atoms with Crippen LogP contribution in [0.25, 0.3) is 43.6 Å². The molecule has 1 N–H and O–H groups in total. The average Bonchev–Trinajstić information content (AvgIpc) is 2.83. The van der Waals surface area contributed by atoms with Gasteiger partial charge >= 0.3 is 0 Å². The molecule has 12 nitrogen and oxygen atoms in total.